The second-order valence-electron chi connectivity index (χ2n) is 13.2. The molecule has 0 aromatic heterocycles. The summed E-state index contributed by atoms with van der Waals surface area (Å²) in [7, 11) is 3.26. The van der Waals surface area contributed by atoms with Crippen molar-refractivity contribution in [3.63, 3.8) is 0 Å². The van der Waals surface area contributed by atoms with Crippen LogP contribution in [0, 0.1) is 42.4 Å². The third-order valence-corrected chi connectivity index (χ3v) is 11.8. The molecule has 1 aliphatic heterocycles. The van der Waals surface area contributed by atoms with Gasteiger partial charge in [0.05, 0.1) is 12.2 Å². The fraction of sp³-hybridized carbons (Fsp3) is 0.594. The standard InChI is InChI=1S/C32H39NO6S/c1-17-7-9-21(18(2)13-17)27-38-25-15-23-22-10-8-19-14-20(34)11-12-30(19,3)26(22)24(35)16-31(23,4)32(25,39-27)28(36)40-29(37)33(5)6/h7,9,11-14,22-27,35H,8,10,15-16H2,1-6H3/t22-,23-,24-,25+,26+,27?,30-,31-,32-/m0/s1. The maximum atomic E-state index is 14.3. The van der Waals surface area contributed by atoms with Crippen molar-refractivity contribution in [3.05, 3.63) is 58.7 Å². The first-order valence-electron chi connectivity index (χ1n) is 14.3. The predicted octanol–water partition coefficient (Wildman–Crippen LogP) is 5.29. The number of ether oxygens (including phenoxy) is 2. The van der Waals surface area contributed by atoms with Crippen LogP contribution < -0.4 is 0 Å². The average molecular weight is 566 g/mol. The molecule has 1 unspecified atom stereocenters. The summed E-state index contributed by atoms with van der Waals surface area (Å²) in [5.74, 6) is 0.0923. The molecule has 0 bridgehead atoms. The van der Waals surface area contributed by atoms with Crippen LogP contribution in [0.4, 0.5) is 4.79 Å². The van der Waals surface area contributed by atoms with Gasteiger partial charge in [-0.1, -0.05) is 49.3 Å². The summed E-state index contributed by atoms with van der Waals surface area (Å²) < 4.78 is 13.5. The fourth-order valence-corrected chi connectivity index (χ4v) is 9.80. The maximum absolute atomic E-state index is 14.3. The Hall–Kier alpha value is -2.26. The van der Waals surface area contributed by atoms with Gasteiger partial charge in [0.25, 0.3) is 5.24 Å². The van der Waals surface area contributed by atoms with Gasteiger partial charge in [0.15, 0.2) is 17.7 Å². The van der Waals surface area contributed by atoms with E-state index in [0.717, 1.165) is 35.1 Å². The number of thioether (sulfide) groups is 1. The Labute approximate surface area is 240 Å². The van der Waals surface area contributed by atoms with Crippen molar-refractivity contribution >= 4 is 27.9 Å². The number of amides is 1. The highest BCUT2D eigenvalue weighted by molar-refractivity contribution is 8.26. The second kappa shape index (κ2) is 9.38. The highest BCUT2D eigenvalue weighted by Gasteiger charge is 2.76. The Kier molecular flexibility index (Phi) is 6.54. The summed E-state index contributed by atoms with van der Waals surface area (Å²) >= 11 is 0.682. The molecule has 3 saturated carbocycles. The molecule has 0 radical (unpaired) electrons. The van der Waals surface area contributed by atoms with E-state index in [9.17, 15) is 19.5 Å². The molecule has 6 rings (SSSR count). The quantitative estimate of drug-likeness (QED) is 0.521. The first-order valence-corrected chi connectivity index (χ1v) is 15.1. The van der Waals surface area contributed by atoms with Gasteiger partial charge < -0.3 is 19.5 Å². The number of nitrogens with zero attached hydrogens (tertiary/aromatic N) is 1. The lowest BCUT2D eigenvalue weighted by Crippen LogP contribution is -2.62. The number of hydrogen-bond acceptors (Lipinski definition) is 7. The number of carbonyl (C=O) groups is 3. The maximum Gasteiger partial charge on any atom is 0.288 e. The number of fused-ring (bicyclic) bond motifs is 7. The zero-order valence-corrected chi connectivity index (χ0v) is 24.9. The number of benzene rings is 1. The van der Waals surface area contributed by atoms with Crippen molar-refractivity contribution in [1.29, 1.82) is 0 Å². The Morgan fingerprint density at radius 2 is 1.93 bits per heavy atom. The normalized spacial score (nSPS) is 41.5. The molecule has 1 amide bonds. The molecule has 4 aliphatic carbocycles. The van der Waals surface area contributed by atoms with Crippen molar-refractivity contribution in [2.75, 3.05) is 14.1 Å². The highest BCUT2D eigenvalue weighted by Crippen LogP contribution is 2.71. The number of aryl methyl sites for hydroxylation is 2. The van der Waals surface area contributed by atoms with E-state index >= 15 is 0 Å². The van der Waals surface area contributed by atoms with Crippen LogP contribution in [0.1, 0.15) is 62.5 Å². The zero-order valence-electron chi connectivity index (χ0n) is 24.1. The minimum atomic E-state index is -1.38. The number of carbonyl (C=O) groups excluding carboxylic acids is 3. The van der Waals surface area contributed by atoms with E-state index in [2.05, 4.69) is 19.9 Å². The summed E-state index contributed by atoms with van der Waals surface area (Å²) in [6.07, 6.45) is 5.95. The molecule has 1 aromatic rings. The lowest BCUT2D eigenvalue weighted by molar-refractivity contribution is -0.194. The monoisotopic (exact) mass is 565 g/mol. The van der Waals surface area contributed by atoms with Gasteiger partial charge in [-0.05, 0) is 69.1 Å². The average Bonchev–Trinajstić information content (AvgIpc) is 3.37. The second-order valence-corrected chi connectivity index (χ2v) is 14.1. The van der Waals surface area contributed by atoms with E-state index in [1.807, 2.05) is 32.1 Å². The van der Waals surface area contributed by atoms with E-state index in [0.29, 0.717) is 24.6 Å². The first kappa shape index (κ1) is 27.9. The predicted molar refractivity (Wildman–Crippen MR) is 152 cm³/mol. The molecule has 9 atom stereocenters. The van der Waals surface area contributed by atoms with Gasteiger partial charge in [-0.3, -0.25) is 14.4 Å². The van der Waals surface area contributed by atoms with Gasteiger partial charge in [0.2, 0.25) is 5.12 Å². The van der Waals surface area contributed by atoms with Crippen LogP contribution in [0.3, 0.4) is 0 Å². The molecular weight excluding hydrogens is 526 g/mol. The lowest BCUT2D eigenvalue weighted by Gasteiger charge is -2.59. The zero-order chi connectivity index (χ0) is 28.8. The minimum absolute atomic E-state index is 0.00263. The molecule has 5 aliphatic rings. The third-order valence-electron chi connectivity index (χ3n) is 10.8. The van der Waals surface area contributed by atoms with Crippen LogP contribution in [-0.2, 0) is 19.1 Å². The van der Waals surface area contributed by atoms with Gasteiger partial charge in [0, 0.05) is 48.2 Å². The van der Waals surface area contributed by atoms with Gasteiger partial charge in [-0.25, -0.2) is 0 Å². The van der Waals surface area contributed by atoms with E-state index in [1.165, 1.54) is 4.90 Å². The molecule has 0 spiro atoms. The van der Waals surface area contributed by atoms with Crippen LogP contribution in [0.2, 0.25) is 0 Å². The van der Waals surface area contributed by atoms with Crippen molar-refractivity contribution < 1.29 is 29.0 Å². The molecule has 40 heavy (non-hydrogen) atoms. The number of ketones is 1. The van der Waals surface area contributed by atoms with Crippen LogP contribution in [0.15, 0.2) is 42.0 Å². The number of allylic oxidation sites excluding steroid dienone is 4. The van der Waals surface area contributed by atoms with Crippen LogP contribution in [0.5, 0.6) is 0 Å². The topological polar surface area (TPSA) is 93.1 Å². The molecule has 1 aromatic carbocycles. The third kappa shape index (κ3) is 3.79. The number of aliphatic hydroxyl groups is 1. The molecule has 7 nitrogen and oxygen atoms in total. The SMILES string of the molecule is Cc1ccc(C2O[C@@H]3C[C@H]4[C@@H]5CCC6=CC(=O)C=C[C@]6(C)[C@H]5[C@@H](O)C[C@]4(C)[C@]3(C(=O)SC(=O)N(C)C)O2)c(C)c1. The van der Waals surface area contributed by atoms with E-state index < -0.39 is 34.9 Å². The molecule has 1 saturated heterocycles. The number of aliphatic hydroxyl groups excluding tert-OH is 1. The molecule has 214 valence electrons. The van der Waals surface area contributed by atoms with Crippen LogP contribution in [0.25, 0.3) is 0 Å². The molecule has 1 heterocycles. The van der Waals surface area contributed by atoms with Crippen LogP contribution >= 0.6 is 11.8 Å². The summed E-state index contributed by atoms with van der Waals surface area (Å²) in [6.45, 7) is 8.25. The Morgan fingerprint density at radius 1 is 1.18 bits per heavy atom. The van der Waals surface area contributed by atoms with Gasteiger partial charge in [-0.15, -0.1) is 0 Å². The number of hydrogen-bond donors (Lipinski definition) is 1. The lowest BCUT2D eigenvalue weighted by atomic mass is 9.46. The van der Waals surface area contributed by atoms with Crippen molar-refractivity contribution in [3.8, 4) is 0 Å². The van der Waals surface area contributed by atoms with E-state index in [-0.39, 0.29) is 33.9 Å². The van der Waals surface area contributed by atoms with Crippen molar-refractivity contribution in [1.82, 2.24) is 4.90 Å². The number of rotatable bonds is 2. The van der Waals surface area contributed by atoms with E-state index in [4.69, 9.17) is 9.47 Å². The van der Waals surface area contributed by atoms with Gasteiger partial charge in [-0.2, -0.15) is 0 Å². The smallest absolute Gasteiger partial charge is 0.288 e. The van der Waals surface area contributed by atoms with Gasteiger partial charge in [0.1, 0.15) is 0 Å². The molecular formula is C32H39NO6S. The summed E-state index contributed by atoms with van der Waals surface area (Å²) in [5.41, 5.74) is 1.58. The first-order chi connectivity index (χ1) is 18.8. The molecule has 8 heteroatoms. The Bertz CT molecular complexity index is 1350. The van der Waals surface area contributed by atoms with Crippen molar-refractivity contribution in [2.24, 2.45) is 28.6 Å². The van der Waals surface area contributed by atoms with E-state index in [1.54, 1.807) is 26.2 Å². The summed E-state index contributed by atoms with van der Waals surface area (Å²) in [5, 5.41) is 11.2. The fourth-order valence-electron chi connectivity index (χ4n) is 8.89. The Morgan fingerprint density at radius 3 is 2.62 bits per heavy atom. The minimum Gasteiger partial charge on any atom is -0.393 e. The summed E-state index contributed by atoms with van der Waals surface area (Å²) in [4.78, 5) is 40.7. The van der Waals surface area contributed by atoms with Gasteiger partial charge >= 0.3 is 0 Å². The highest BCUT2D eigenvalue weighted by atomic mass is 32.2. The Balaban J connectivity index is 1.42. The van der Waals surface area contributed by atoms with Crippen LogP contribution in [-0.4, -0.2) is 58.0 Å². The van der Waals surface area contributed by atoms with Crippen molar-refractivity contribution in [2.45, 2.75) is 77.5 Å². The summed E-state index contributed by atoms with van der Waals surface area (Å²) in [6, 6.07) is 6.08. The largest absolute Gasteiger partial charge is 0.393 e. The molecule has 1 N–H and O–H groups in total. The molecule has 4 fully saturated rings.